The number of oxazole rings is 1. The van der Waals surface area contributed by atoms with Crippen LogP contribution in [0.4, 0.5) is 5.95 Å². The number of nitrogens with zero attached hydrogens (tertiary/aromatic N) is 3. The van der Waals surface area contributed by atoms with Crippen molar-refractivity contribution in [2.45, 2.75) is 20.4 Å². The molecule has 2 rings (SSSR count). The third kappa shape index (κ3) is 1.78. The maximum Gasteiger partial charge on any atom is 0.220 e. The summed E-state index contributed by atoms with van der Waals surface area (Å²) in [4.78, 5) is 4.24. The summed E-state index contributed by atoms with van der Waals surface area (Å²) in [5, 5.41) is 6.40. The first-order valence-corrected chi connectivity index (χ1v) is 4.82. The quantitative estimate of drug-likeness (QED) is 0.749. The minimum atomic E-state index is 0.327. The van der Waals surface area contributed by atoms with Gasteiger partial charge in [0, 0.05) is 0 Å². The van der Waals surface area contributed by atoms with E-state index in [0.29, 0.717) is 23.2 Å². The lowest BCUT2D eigenvalue weighted by Crippen LogP contribution is -2.05. The van der Waals surface area contributed by atoms with Crippen LogP contribution in [0.25, 0.3) is 0 Å². The molecule has 0 atom stereocenters. The van der Waals surface area contributed by atoms with Gasteiger partial charge in [-0.3, -0.25) is 4.57 Å². The molecule has 0 saturated heterocycles. The van der Waals surface area contributed by atoms with Crippen LogP contribution in [0.5, 0.6) is 0 Å². The molecular weight excluding hydrogens is 214 g/mol. The van der Waals surface area contributed by atoms with Gasteiger partial charge in [0.1, 0.15) is 12.3 Å². The Kier molecular flexibility index (Phi) is 2.31. The Balaban J connectivity index is 2.33. The van der Waals surface area contributed by atoms with Gasteiger partial charge in [0.25, 0.3) is 0 Å². The van der Waals surface area contributed by atoms with Crippen LogP contribution in [0.3, 0.4) is 0 Å². The number of nitrogens with two attached hydrogens (primary N) is 1. The Morgan fingerprint density at radius 2 is 2.27 bits per heavy atom. The van der Waals surface area contributed by atoms with E-state index >= 15 is 0 Å². The van der Waals surface area contributed by atoms with E-state index in [-0.39, 0.29) is 0 Å². The predicted molar refractivity (Wildman–Crippen MR) is 56.9 cm³/mol. The number of hydrogen-bond acceptors (Lipinski definition) is 5. The molecule has 2 heterocycles. The highest BCUT2D eigenvalue weighted by atomic mass is 32.1. The zero-order valence-corrected chi connectivity index (χ0v) is 9.26. The molecule has 0 saturated carbocycles. The smallest absolute Gasteiger partial charge is 0.220 e. The lowest BCUT2D eigenvalue weighted by molar-refractivity contribution is 0.457. The Morgan fingerprint density at radius 3 is 2.73 bits per heavy atom. The number of hydrogen-bond donors (Lipinski definition) is 2. The van der Waals surface area contributed by atoms with Crippen LogP contribution in [-0.4, -0.2) is 19.7 Å². The molecule has 0 aliphatic carbocycles. The number of H-pyrrole nitrogens is 1. The molecule has 0 unspecified atom stereocenters. The van der Waals surface area contributed by atoms with E-state index in [1.54, 1.807) is 4.57 Å². The van der Waals surface area contributed by atoms with Crippen LogP contribution in [0, 0.1) is 18.6 Å². The molecule has 2 aromatic rings. The minimum Gasteiger partial charge on any atom is -0.444 e. The van der Waals surface area contributed by atoms with E-state index in [0.717, 1.165) is 11.5 Å². The van der Waals surface area contributed by atoms with Crippen molar-refractivity contribution in [3.05, 3.63) is 22.1 Å². The van der Waals surface area contributed by atoms with Crippen LogP contribution in [0.15, 0.2) is 4.42 Å². The molecule has 0 spiro atoms. The van der Waals surface area contributed by atoms with Crippen molar-refractivity contribution in [2.24, 2.45) is 0 Å². The van der Waals surface area contributed by atoms with Crippen molar-refractivity contribution in [3.8, 4) is 0 Å². The minimum absolute atomic E-state index is 0.327. The zero-order chi connectivity index (χ0) is 11.0. The number of aromatic nitrogens is 4. The van der Waals surface area contributed by atoms with Gasteiger partial charge in [-0.25, -0.2) is 10.1 Å². The third-order valence-electron chi connectivity index (χ3n) is 2.15. The summed E-state index contributed by atoms with van der Waals surface area (Å²) in [5.41, 5.74) is 6.49. The second kappa shape index (κ2) is 3.50. The molecule has 3 N–H and O–H groups in total. The maximum absolute atomic E-state index is 5.62. The van der Waals surface area contributed by atoms with Crippen LogP contribution >= 0.6 is 12.2 Å². The van der Waals surface area contributed by atoms with Crippen LogP contribution in [0.1, 0.15) is 17.3 Å². The fraction of sp³-hybridized carbons (Fsp3) is 0.375. The summed E-state index contributed by atoms with van der Waals surface area (Å²) in [6.07, 6.45) is 0. The molecule has 15 heavy (non-hydrogen) atoms. The highest BCUT2D eigenvalue weighted by Gasteiger charge is 2.09. The molecule has 6 nitrogen and oxygen atoms in total. The molecule has 0 amide bonds. The van der Waals surface area contributed by atoms with E-state index in [4.69, 9.17) is 22.4 Å². The van der Waals surface area contributed by atoms with Gasteiger partial charge in [-0.15, -0.1) is 5.10 Å². The average Bonchev–Trinajstić information content (AvgIpc) is 2.64. The van der Waals surface area contributed by atoms with Gasteiger partial charge in [-0.1, -0.05) is 0 Å². The first-order chi connectivity index (χ1) is 7.08. The SMILES string of the molecule is Cc1nc(Cn2c(N)n[nH]c2=S)oc1C. The number of nitrogens with one attached hydrogen (secondary N) is 1. The molecular formula is C8H11N5OS. The first kappa shape index (κ1) is 9.91. The topological polar surface area (TPSA) is 85.7 Å². The second-order valence-electron chi connectivity index (χ2n) is 3.22. The Labute approximate surface area is 91.1 Å². The molecule has 2 aromatic heterocycles. The van der Waals surface area contributed by atoms with Crippen LogP contribution < -0.4 is 5.73 Å². The largest absolute Gasteiger partial charge is 0.444 e. The number of rotatable bonds is 2. The van der Waals surface area contributed by atoms with Crippen molar-refractivity contribution < 1.29 is 4.42 Å². The number of nitrogen functional groups attached to an aromatic ring is 1. The molecule has 0 aliphatic heterocycles. The Hall–Kier alpha value is -1.63. The fourth-order valence-corrected chi connectivity index (χ4v) is 1.43. The van der Waals surface area contributed by atoms with Gasteiger partial charge in [-0.2, -0.15) is 0 Å². The molecule has 0 fully saturated rings. The van der Waals surface area contributed by atoms with Crippen molar-refractivity contribution in [1.82, 2.24) is 19.7 Å². The normalized spacial score (nSPS) is 10.8. The summed E-state index contributed by atoms with van der Waals surface area (Å²) < 4.78 is 7.51. The van der Waals surface area contributed by atoms with Crippen LogP contribution in [0.2, 0.25) is 0 Å². The molecule has 0 aromatic carbocycles. The summed E-state index contributed by atoms with van der Waals surface area (Å²) in [6.45, 7) is 4.15. The molecule has 80 valence electrons. The average molecular weight is 225 g/mol. The van der Waals surface area contributed by atoms with E-state index in [1.165, 1.54) is 0 Å². The Bertz CT molecular complexity index is 518. The van der Waals surface area contributed by atoms with Gasteiger partial charge in [0.15, 0.2) is 4.77 Å². The van der Waals surface area contributed by atoms with Crippen molar-refractivity contribution in [2.75, 3.05) is 5.73 Å². The highest BCUT2D eigenvalue weighted by molar-refractivity contribution is 7.71. The lowest BCUT2D eigenvalue weighted by atomic mass is 10.4. The molecule has 0 radical (unpaired) electrons. The van der Waals surface area contributed by atoms with Gasteiger partial charge in [-0.05, 0) is 26.1 Å². The van der Waals surface area contributed by atoms with E-state index in [1.807, 2.05) is 13.8 Å². The van der Waals surface area contributed by atoms with E-state index in [9.17, 15) is 0 Å². The highest BCUT2D eigenvalue weighted by Crippen LogP contribution is 2.11. The summed E-state index contributed by atoms with van der Waals surface area (Å²) in [7, 11) is 0. The second-order valence-corrected chi connectivity index (χ2v) is 3.61. The van der Waals surface area contributed by atoms with Crippen LogP contribution in [-0.2, 0) is 6.54 Å². The molecule has 7 heteroatoms. The summed E-state index contributed by atoms with van der Waals surface area (Å²) >= 11 is 5.01. The van der Waals surface area contributed by atoms with E-state index in [2.05, 4.69) is 15.2 Å². The number of anilines is 1. The van der Waals surface area contributed by atoms with Crippen molar-refractivity contribution in [1.29, 1.82) is 0 Å². The monoisotopic (exact) mass is 225 g/mol. The van der Waals surface area contributed by atoms with Gasteiger partial charge in [0.2, 0.25) is 11.8 Å². The van der Waals surface area contributed by atoms with Crippen molar-refractivity contribution in [3.63, 3.8) is 0 Å². The van der Waals surface area contributed by atoms with Gasteiger partial charge >= 0.3 is 0 Å². The first-order valence-electron chi connectivity index (χ1n) is 4.41. The fourth-order valence-electron chi connectivity index (χ4n) is 1.22. The molecule has 0 bridgehead atoms. The lowest BCUT2D eigenvalue weighted by Gasteiger charge is -1.98. The zero-order valence-electron chi connectivity index (χ0n) is 8.44. The van der Waals surface area contributed by atoms with E-state index < -0.39 is 0 Å². The van der Waals surface area contributed by atoms with Crippen molar-refractivity contribution >= 4 is 18.2 Å². The standard InChI is InChI=1S/C8H11N5OS/c1-4-5(2)14-6(10-4)3-13-7(9)11-12-8(13)15/h3H2,1-2H3,(H2,9,11)(H,12,15). The third-order valence-corrected chi connectivity index (χ3v) is 2.47. The Morgan fingerprint density at radius 1 is 1.53 bits per heavy atom. The maximum atomic E-state index is 5.62. The van der Waals surface area contributed by atoms with Gasteiger partial charge in [0.05, 0.1) is 5.69 Å². The van der Waals surface area contributed by atoms with Gasteiger partial charge < -0.3 is 10.2 Å². The number of aromatic amines is 1. The molecule has 0 aliphatic rings. The predicted octanol–water partition coefficient (Wildman–Crippen LogP) is 1.18. The summed E-state index contributed by atoms with van der Waals surface area (Å²) in [6, 6.07) is 0. The summed E-state index contributed by atoms with van der Waals surface area (Å²) in [5.74, 6) is 1.71. The number of aryl methyl sites for hydroxylation is 2.